The van der Waals surface area contributed by atoms with Crippen LogP contribution in [0.3, 0.4) is 0 Å². The van der Waals surface area contributed by atoms with E-state index in [4.69, 9.17) is 4.74 Å². The van der Waals surface area contributed by atoms with Gasteiger partial charge in [0.05, 0.1) is 7.11 Å². The number of rotatable bonds is 3. The van der Waals surface area contributed by atoms with Crippen molar-refractivity contribution in [2.75, 3.05) is 7.11 Å². The fraction of sp³-hybridized carbons (Fsp3) is 0.0435. The molecular weight excluding hydrogens is 292 g/mol. The van der Waals surface area contributed by atoms with Crippen molar-refractivity contribution in [2.45, 2.75) is 0 Å². The molecule has 4 aromatic rings. The molecule has 1 heteroatoms. The maximum atomic E-state index is 5.19. The second kappa shape index (κ2) is 6.21. The Morgan fingerprint density at radius 1 is 0.583 bits per heavy atom. The van der Waals surface area contributed by atoms with Crippen LogP contribution < -0.4 is 4.74 Å². The molecule has 0 bridgehead atoms. The van der Waals surface area contributed by atoms with Gasteiger partial charge in [0.25, 0.3) is 0 Å². The van der Waals surface area contributed by atoms with Crippen LogP contribution in [0, 0.1) is 0 Å². The van der Waals surface area contributed by atoms with Gasteiger partial charge >= 0.3 is 0 Å². The van der Waals surface area contributed by atoms with Crippen LogP contribution in [0.5, 0.6) is 5.75 Å². The lowest BCUT2D eigenvalue weighted by Gasteiger charge is -2.04. The Balaban J connectivity index is 1.68. The van der Waals surface area contributed by atoms with Gasteiger partial charge in [-0.2, -0.15) is 0 Å². The number of hydrogen-bond acceptors (Lipinski definition) is 1. The Hall–Kier alpha value is -3.06. The van der Waals surface area contributed by atoms with Gasteiger partial charge in [-0.15, -0.1) is 0 Å². The summed E-state index contributed by atoms with van der Waals surface area (Å²) < 4.78 is 5.19. The molecule has 0 aromatic heterocycles. The molecule has 0 spiro atoms. The molecule has 0 atom stereocenters. The summed E-state index contributed by atoms with van der Waals surface area (Å²) in [5, 5.41) is 5.11. The van der Waals surface area contributed by atoms with Gasteiger partial charge in [0, 0.05) is 0 Å². The zero-order valence-electron chi connectivity index (χ0n) is 13.6. The molecule has 4 aromatic carbocycles. The molecule has 0 aliphatic heterocycles. The van der Waals surface area contributed by atoms with Gasteiger partial charge < -0.3 is 4.74 Å². The van der Waals surface area contributed by atoms with E-state index >= 15 is 0 Å². The van der Waals surface area contributed by atoms with Gasteiger partial charge in [-0.05, 0) is 63.0 Å². The number of hydrogen-bond donors (Lipinski definition) is 0. The second-order valence-electron chi connectivity index (χ2n) is 5.91. The average molecular weight is 310 g/mol. The number of fused-ring (bicyclic) bond motifs is 2. The van der Waals surface area contributed by atoms with Gasteiger partial charge in [0.2, 0.25) is 0 Å². The molecule has 0 radical (unpaired) electrons. The van der Waals surface area contributed by atoms with Crippen molar-refractivity contribution in [1.29, 1.82) is 0 Å². The predicted octanol–water partition coefficient (Wildman–Crippen LogP) is 6.17. The maximum Gasteiger partial charge on any atom is 0.118 e. The molecule has 4 rings (SSSR count). The minimum Gasteiger partial charge on any atom is -0.497 e. The maximum absolute atomic E-state index is 5.19. The van der Waals surface area contributed by atoms with E-state index in [1.54, 1.807) is 7.11 Å². The van der Waals surface area contributed by atoms with E-state index in [9.17, 15) is 0 Å². The van der Waals surface area contributed by atoms with Crippen LogP contribution in [0.25, 0.3) is 33.7 Å². The van der Waals surface area contributed by atoms with Crippen molar-refractivity contribution in [1.82, 2.24) is 0 Å². The van der Waals surface area contributed by atoms with Crippen LogP contribution in [-0.2, 0) is 0 Å². The normalized spacial score (nSPS) is 11.4. The van der Waals surface area contributed by atoms with Gasteiger partial charge in [0.1, 0.15) is 5.75 Å². The van der Waals surface area contributed by atoms with Crippen molar-refractivity contribution < 1.29 is 4.74 Å². The number of benzene rings is 4. The standard InChI is InChI=1S/C23H18O/c1-24-23-12-9-17(10-13-23)6-7-18-8-11-21-15-19-4-2-3-5-20(19)16-22(21)14-18/h2-16H,1H3/b7-6+. The third kappa shape index (κ3) is 2.89. The van der Waals surface area contributed by atoms with E-state index in [2.05, 4.69) is 78.9 Å². The van der Waals surface area contributed by atoms with E-state index in [1.807, 2.05) is 12.1 Å². The van der Waals surface area contributed by atoms with Crippen molar-refractivity contribution in [3.63, 3.8) is 0 Å². The summed E-state index contributed by atoms with van der Waals surface area (Å²) in [5.41, 5.74) is 2.36. The van der Waals surface area contributed by atoms with Gasteiger partial charge in [-0.1, -0.05) is 60.7 Å². The summed E-state index contributed by atoms with van der Waals surface area (Å²) in [4.78, 5) is 0. The lowest BCUT2D eigenvalue weighted by atomic mass is 10.0. The van der Waals surface area contributed by atoms with Crippen molar-refractivity contribution in [3.05, 3.63) is 90.0 Å². The van der Waals surface area contributed by atoms with E-state index in [1.165, 1.54) is 27.1 Å². The Kier molecular flexibility index (Phi) is 3.76. The SMILES string of the molecule is COc1ccc(/C=C/c2ccc3cc4ccccc4cc3c2)cc1. The van der Waals surface area contributed by atoms with E-state index in [-0.39, 0.29) is 0 Å². The molecule has 0 saturated carbocycles. The number of ether oxygens (including phenoxy) is 1. The molecule has 1 nitrogen and oxygen atoms in total. The second-order valence-corrected chi connectivity index (χ2v) is 5.91. The van der Waals surface area contributed by atoms with E-state index < -0.39 is 0 Å². The smallest absolute Gasteiger partial charge is 0.118 e. The summed E-state index contributed by atoms with van der Waals surface area (Å²) in [5.74, 6) is 0.879. The lowest BCUT2D eigenvalue weighted by Crippen LogP contribution is -1.81. The zero-order valence-corrected chi connectivity index (χ0v) is 13.6. The van der Waals surface area contributed by atoms with Crippen LogP contribution in [0.15, 0.2) is 78.9 Å². The highest BCUT2D eigenvalue weighted by atomic mass is 16.5. The van der Waals surface area contributed by atoms with Crippen LogP contribution in [0.4, 0.5) is 0 Å². The summed E-state index contributed by atoms with van der Waals surface area (Å²) in [6.45, 7) is 0. The monoisotopic (exact) mass is 310 g/mol. The lowest BCUT2D eigenvalue weighted by molar-refractivity contribution is 0.415. The van der Waals surface area contributed by atoms with Crippen molar-refractivity contribution in [2.24, 2.45) is 0 Å². The molecule has 0 aliphatic carbocycles. The average Bonchev–Trinajstić information content (AvgIpc) is 2.65. The third-order valence-corrected chi connectivity index (χ3v) is 4.31. The highest BCUT2D eigenvalue weighted by molar-refractivity contribution is 5.99. The Morgan fingerprint density at radius 2 is 1.17 bits per heavy atom. The third-order valence-electron chi connectivity index (χ3n) is 4.31. The first-order valence-corrected chi connectivity index (χ1v) is 8.06. The zero-order chi connectivity index (χ0) is 16.4. The molecule has 0 amide bonds. The first-order chi connectivity index (χ1) is 11.8. The van der Waals surface area contributed by atoms with Gasteiger partial charge in [-0.3, -0.25) is 0 Å². The summed E-state index contributed by atoms with van der Waals surface area (Å²) in [6, 6.07) is 27.7. The molecule has 0 heterocycles. The van der Waals surface area contributed by atoms with Crippen molar-refractivity contribution in [3.8, 4) is 5.75 Å². The van der Waals surface area contributed by atoms with Gasteiger partial charge in [-0.25, -0.2) is 0 Å². The van der Waals surface area contributed by atoms with Crippen LogP contribution in [0.2, 0.25) is 0 Å². The Bertz CT molecular complexity index is 1030. The molecule has 0 saturated heterocycles. The molecule has 0 fully saturated rings. The van der Waals surface area contributed by atoms with E-state index in [0.29, 0.717) is 0 Å². The predicted molar refractivity (Wildman–Crippen MR) is 103 cm³/mol. The highest BCUT2D eigenvalue weighted by Crippen LogP contribution is 2.24. The minimum absolute atomic E-state index is 0.879. The van der Waals surface area contributed by atoms with Crippen LogP contribution in [-0.4, -0.2) is 7.11 Å². The molecule has 0 aliphatic rings. The molecule has 116 valence electrons. The summed E-state index contributed by atoms with van der Waals surface area (Å²) >= 11 is 0. The minimum atomic E-state index is 0.879. The number of methoxy groups -OCH3 is 1. The Morgan fingerprint density at radius 3 is 1.88 bits per heavy atom. The molecular formula is C23H18O. The summed E-state index contributed by atoms with van der Waals surface area (Å²) in [7, 11) is 1.68. The van der Waals surface area contributed by atoms with Crippen molar-refractivity contribution >= 4 is 33.7 Å². The van der Waals surface area contributed by atoms with Gasteiger partial charge in [0.15, 0.2) is 0 Å². The quantitative estimate of drug-likeness (QED) is 0.325. The first-order valence-electron chi connectivity index (χ1n) is 8.06. The molecule has 0 N–H and O–H groups in total. The first kappa shape index (κ1) is 14.5. The van der Waals surface area contributed by atoms with Crippen LogP contribution >= 0.6 is 0 Å². The largest absolute Gasteiger partial charge is 0.497 e. The fourth-order valence-corrected chi connectivity index (χ4v) is 2.97. The molecule has 24 heavy (non-hydrogen) atoms. The topological polar surface area (TPSA) is 9.23 Å². The van der Waals surface area contributed by atoms with E-state index in [0.717, 1.165) is 11.3 Å². The highest BCUT2D eigenvalue weighted by Gasteiger charge is 1.98. The summed E-state index contributed by atoms with van der Waals surface area (Å²) in [6.07, 6.45) is 4.28. The van der Waals surface area contributed by atoms with Crippen LogP contribution in [0.1, 0.15) is 11.1 Å². The molecule has 0 unspecified atom stereocenters. The Labute approximate surface area is 141 Å². The fourth-order valence-electron chi connectivity index (χ4n) is 2.97.